The van der Waals surface area contributed by atoms with Gasteiger partial charge < -0.3 is 10.1 Å². The average Bonchev–Trinajstić information content (AvgIpc) is 3.13. The molecular formula is C23H22N2O. The van der Waals surface area contributed by atoms with E-state index in [1.165, 1.54) is 11.1 Å². The standard InChI is InChI=1S/C23H22N2O/c1-26-20-15-9-8-14-19(20)16-21-24-22(17-10-4-2-5-11-17)23(25-21)18-12-6-3-7-13-18/h2-15,22-23H,16H2,1H3,(H,24,25)/t22-,23+. The monoisotopic (exact) mass is 342 g/mol. The molecule has 1 N–H and O–H groups in total. The topological polar surface area (TPSA) is 33.6 Å². The summed E-state index contributed by atoms with van der Waals surface area (Å²) in [6, 6.07) is 29.4. The van der Waals surface area contributed by atoms with Crippen molar-refractivity contribution in [3.63, 3.8) is 0 Å². The summed E-state index contributed by atoms with van der Waals surface area (Å²) in [5.41, 5.74) is 3.62. The van der Waals surface area contributed by atoms with E-state index in [1.807, 2.05) is 30.3 Å². The predicted octanol–water partition coefficient (Wildman–Crippen LogP) is 4.72. The van der Waals surface area contributed by atoms with Crippen LogP contribution in [0.25, 0.3) is 0 Å². The van der Waals surface area contributed by atoms with Crippen molar-refractivity contribution in [1.82, 2.24) is 5.32 Å². The van der Waals surface area contributed by atoms with E-state index in [4.69, 9.17) is 9.73 Å². The molecule has 3 aromatic rings. The fourth-order valence-corrected chi connectivity index (χ4v) is 3.51. The molecule has 1 aliphatic rings. The zero-order valence-electron chi connectivity index (χ0n) is 14.8. The molecule has 1 heterocycles. The minimum absolute atomic E-state index is 0.0725. The number of rotatable bonds is 5. The van der Waals surface area contributed by atoms with Gasteiger partial charge in [0, 0.05) is 12.0 Å². The minimum atomic E-state index is 0.0725. The van der Waals surface area contributed by atoms with Gasteiger partial charge in [0.1, 0.15) is 17.6 Å². The molecule has 4 rings (SSSR count). The molecule has 0 amide bonds. The number of benzene rings is 3. The number of methoxy groups -OCH3 is 1. The van der Waals surface area contributed by atoms with Crippen LogP contribution in [-0.2, 0) is 6.42 Å². The third-order valence-electron chi connectivity index (χ3n) is 4.78. The molecule has 0 saturated heterocycles. The van der Waals surface area contributed by atoms with Gasteiger partial charge in [0.25, 0.3) is 0 Å². The number of nitrogens with one attached hydrogen (secondary N) is 1. The molecule has 0 spiro atoms. The van der Waals surface area contributed by atoms with E-state index in [0.717, 1.165) is 23.6 Å². The van der Waals surface area contributed by atoms with Crippen LogP contribution in [0, 0.1) is 0 Å². The van der Waals surface area contributed by atoms with Crippen molar-refractivity contribution in [1.29, 1.82) is 0 Å². The highest BCUT2D eigenvalue weighted by Gasteiger charge is 2.31. The molecule has 2 atom stereocenters. The summed E-state index contributed by atoms with van der Waals surface area (Å²) in [7, 11) is 1.71. The number of aliphatic imine (C=N–C) groups is 1. The molecule has 0 aliphatic carbocycles. The Morgan fingerprint density at radius 2 is 1.42 bits per heavy atom. The third kappa shape index (κ3) is 3.33. The molecule has 0 fully saturated rings. The van der Waals surface area contributed by atoms with Gasteiger partial charge in [-0.3, -0.25) is 4.99 Å². The van der Waals surface area contributed by atoms with Crippen LogP contribution in [0.15, 0.2) is 89.9 Å². The van der Waals surface area contributed by atoms with Gasteiger partial charge in [0.05, 0.1) is 13.2 Å². The summed E-state index contributed by atoms with van der Waals surface area (Å²) < 4.78 is 5.50. The zero-order chi connectivity index (χ0) is 17.8. The van der Waals surface area contributed by atoms with Crippen LogP contribution >= 0.6 is 0 Å². The lowest BCUT2D eigenvalue weighted by atomic mass is 9.95. The lowest BCUT2D eigenvalue weighted by Gasteiger charge is -2.19. The molecule has 0 aromatic heterocycles. The Balaban J connectivity index is 1.66. The van der Waals surface area contributed by atoms with E-state index >= 15 is 0 Å². The Bertz CT molecular complexity index is 890. The molecule has 3 aromatic carbocycles. The Morgan fingerprint density at radius 3 is 2.12 bits per heavy atom. The van der Waals surface area contributed by atoms with E-state index in [2.05, 4.69) is 59.9 Å². The molecule has 1 aliphatic heterocycles. The molecule has 3 nitrogen and oxygen atoms in total. The first-order chi connectivity index (χ1) is 12.8. The van der Waals surface area contributed by atoms with Gasteiger partial charge in [-0.1, -0.05) is 78.9 Å². The van der Waals surface area contributed by atoms with Crippen molar-refractivity contribution >= 4 is 5.84 Å². The normalized spacial score (nSPS) is 18.9. The summed E-state index contributed by atoms with van der Waals surface area (Å²) in [5, 5.41) is 3.65. The van der Waals surface area contributed by atoms with Gasteiger partial charge in [0.15, 0.2) is 0 Å². The Labute approximate surface area is 154 Å². The Kier molecular flexibility index (Phi) is 4.69. The lowest BCUT2D eigenvalue weighted by Crippen LogP contribution is -2.25. The van der Waals surface area contributed by atoms with Crippen molar-refractivity contribution < 1.29 is 4.74 Å². The molecule has 0 bridgehead atoms. The number of ether oxygens (including phenoxy) is 1. The maximum absolute atomic E-state index is 5.50. The van der Waals surface area contributed by atoms with Crippen LogP contribution in [-0.4, -0.2) is 12.9 Å². The lowest BCUT2D eigenvalue weighted by molar-refractivity contribution is 0.411. The van der Waals surface area contributed by atoms with Crippen molar-refractivity contribution in [2.75, 3.05) is 7.11 Å². The molecule has 0 radical (unpaired) electrons. The number of para-hydroxylation sites is 1. The van der Waals surface area contributed by atoms with Crippen LogP contribution in [0.1, 0.15) is 28.8 Å². The predicted molar refractivity (Wildman–Crippen MR) is 106 cm³/mol. The highest BCUT2D eigenvalue weighted by molar-refractivity contribution is 5.87. The zero-order valence-corrected chi connectivity index (χ0v) is 14.8. The van der Waals surface area contributed by atoms with E-state index < -0.39 is 0 Å². The first-order valence-corrected chi connectivity index (χ1v) is 8.90. The molecule has 130 valence electrons. The van der Waals surface area contributed by atoms with Crippen molar-refractivity contribution in [3.05, 3.63) is 102 Å². The van der Waals surface area contributed by atoms with Gasteiger partial charge in [-0.2, -0.15) is 0 Å². The summed E-state index contributed by atoms with van der Waals surface area (Å²) in [6.45, 7) is 0. The van der Waals surface area contributed by atoms with E-state index in [9.17, 15) is 0 Å². The molecule has 0 unspecified atom stereocenters. The molecular weight excluding hydrogens is 320 g/mol. The first kappa shape index (κ1) is 16.4. The first-order valence-electron chi connectivity index (χ1n) is 8.90. The number of amidine groups is 1. The quantitative estimate of drug-likeness (QED) is 0.728. The van der Waals surface area contributed by atoms with Gasteiger partial charge in [-0.25, -0.2) is 0 Å². The van der Waals surface area contributed by atoms with Crippen molar-refractivity contribution in [2.45, 2.75) is 18.5 Å². The summed E-state index contributed by atoms with van der Waals surface area (Å²) in [5.74, 6) is 1.90. The van der Waals surface area contributed by atoms with E-state index in [0.29, 0.717) is 0 Å². The van der Waals surface area contributed by atoms with Gasteiger partial charge in [0.2, 0.25) is 0 Å². The molecule has 3 heteroatoms. The smallest absolute Gasteiger partial charge is 0.122 e. The summed E-state index contributed by atoms with van der Waals surface area (Å²) in [6.07, 6.45) is 0.733. The number of hydrogen-bond acceptors (Lipinski definition) is 3. The Morgan fingerprint density at radius 1 is 0.808 bits per heavy atom. The highest BCUT2D eigenvalue weighted by atomic mass is 16.5. The fraction of sp³-hybridized carbons (Fsp3) is 0.174. The minimum Gasteiger partial charge on any atom is -0.496 e. The van der Waals surface area contributed by atoms with Crippen LogP contribution in [0.3, 0.4) is 0 Å². The van der Waals surface area contributed by atoms with Crippen molar-refractivity contribution in [2.24, 2.45) is 4.99 Å². The average molecular weight is 342 g/mol. The van der Waals surface area contributed by atoms with Gasteiger partial charge >= 0.3 is 0 Å². The molecule has 0 saturated carbocycles. The largest absolute Gasteiger partial charge is 0.496 e. The van der Waals surface area contributed by atoms with Crippen LogP contribution in [0.5, 0.6) is 5.75 Å². The van der Waals surface area contributed by atoms with Gasteiger partial charge in [-0.15, -0.1) is 0 Å². The van der Waals surface area contributed by atoms with E-state index in [1.54, 1.807) is 7.11 Å². The summed E-state index contributed by atoms with van der Waals surface area (Å²) in [4.78, 5) is 5.04. The number of nitrogens with zero attached hydrogens (tertiary/aromatic N) is 1. The summed E-state index contributed by atoms with van der Waals surface area (Å²) >= 11 is 0. The van der Waals surface area contributed by atoms with Crippen LogP contribution < -0.4 is 10.1 Å². The van der Waals surface area contributed by atoms with E-state index in [-0.39, 0.29) is 12.1 Å². The Hall–Kier alpha value is -3.07. The maximum Gasteiger partial charge on any atom is 0.122 e. The highest BCUT2D eigenvalue weighted by Crippen LogP contribution is 2.36. The third-order valence-corrected chi connectivity index (χ3v) is 4.78. The SMILES string of the molecule is COc1ccccc1CC1=N[C@@H](c2ccccc2)[C@@H](c2ccccc2)N1. The second kappa shape index (κ2) is 7.44. The fourth-order valence-electron chi connectivity index (χ4n) is 3.51. The molecule has 26 heavy (non-hydrogen) atoms. The van der Waals surface area contributed by atoms with Crippen LogP contribution in [0.2, 0.25) is 0 Å². The maximum atomic E-state index is 5.50. The second-order valence-electron chi connectivity index (χ2n) is 6.45. The number of hydrogen-bond donors (Lipinski definition) is 1. The van der Waals surface area contributed by atoms with Crippen molar-refractivity contribution in [3.8, 4) is 5.75 Å². The van der Waals surface area contributed by atoms with Gasteiger partial charge in [-0.05, 0) is 17.2 Å². The van der Waals surface area contributed by atoms with Crippen LogP contribution in [0.4, 0.5) is 0 Å². The second-order valence-corrected chi connectivity index (χ2v) is 6.45.